The molecule has 0 spiro atoms. The lowest BCUT2D eigenvalue weighted by atomic mass is 10.0. The van der Waals surface area contributed by atoms with E-state index in [-0.39, 0.29) is 0 Å². The van der Waals surface area contributed by atoms with Gasteiger partial charge >= 0.3 is 0 Å². The van der Waals surface area contributed by atoms with Gasteiger partial charge in [0, 0.05) is 11.5 Å². The Labute approximate surface area is 83.0 Å². The molecule has 3 rings (SSSR count). The normalized spacial score (nSPS) is 16.1. The van der Waals surface area contributed by atoms with Crippen LogP contribution in [0.5, 0.6) is 0 Å². The number of fused-ring (bicyclic) bond motifs is 1. The largest absolute Gasteiger partial charge is 0.158 e. The highest BCUT2D eigenvalue weighted by Crippen LogP contribution is 2.42. The molecule has 14 heavy (non-hydrogen) atoms. The summed E-state index contributed by atoms with van der Waals surface area (Å²) in [5.41, 5.74) is 3.51. The van der Waals surface area contributed by atoms with Crippen molar-refractivity contribution in [1.82, 2.24) is 10.2 Å². The van der Waals surface area contributed by atoms with Crippen LogP contribution in [0, 0.1) is 13.0 Å². The smallest absolute Gasteiger partial charge is 0.101 e. The zero-order valence-electron chi connectivity index (χ0n) is 8.12. The molecule has 1 aliphatic carbocycles. The van der Waals surface area contributed by atoms with Crippen molar-refractivity contribution in [3.63, 3.8) is 0 Å². The summed E-state index contributed by atoms with van der Waals surface area (Å²) in [6.45, 7) is 2.07. The van der Waals surface area contributed by atoms with E-state index in [9.17, 15) is 0 Å². The average Bonchev–Trinajstić information content (AvgIpc) is 2.99. The van der Waals surface area contributed by atoms with Crippen LogP contribution in [-0.4, -0.2) is 10.2 Å². The van der Waals surface area contributed by atoms with Gasteiger partial charge < -0.3 is 0 Å². The number of aromatic nitrogens is 2. The van der Waals surface area contributed by atoms with Crippen LogP contribution in [0.25, 0.3) is 10.9 Å². The van der Waals surface area contributed by atoms with E-state index in [2.05, 4.69) is 29.3 Å². The molecule has 2 aromatic rings. The van der Waals surface area contributed by atoms with E-state index in [1.807, 2.05) is 6.07 Å². The summed E-state index contributed by atoms with van der Waals surface area (Å²) in [6.07, 6.45) is 4.40. The summed E-state index contributed by atoms with van der Waals surface area (Å²) in [5.74, 6) is 0.759. The predicted octanol–water partition coefficient (Wildman–Crippen LogP) is 2.62. The highest BCUT2D eigenvalue weighted by molar-refractivity contribution is 5.82. The Morgan fingerprint density at radius 1 is 1.43 bits per heavy atom. The summed E-state index contributed by atoms with van der Waals surface area (Å²) < 4.78 is 0. The van der Waals surface area contributed by atoms with E-state index in [0.717, 1.165) is 11.4 Å². The van der Waals surface area contributed by atoms with Crippen LogP contribution in [0.15, 0.2) is 18.3 Å². The lowest BCUT2D eigenvalue weighted by Gasteiger charge is -2.04. The molecule has 1 fully saturated rings. The minimum absolute atomic E-state index is 0.759. The summed E-state index contributed by atoms with van der Waals surface area (Å²) >= 11 is 0. The molecule has 0 N–H and O–H groups in total. The quantitative estimate of drug-likeness (QED) is 0.679. The van der Waals surface area contributed by atoms with Gasteiger partial charge in [0.25, 0.3) is 0 Å². The van der Waals surface area contributed by atoms with Crippen molar-refractivity contribution in [3.05, 3.63) is 35.5 Å². The SMILES string of the molecule is Cc1[c]c2nnccc2c(C2CC2)c1. The molecule has 2 heteroatoms. The van der Waals surface area contributed by atoms with Gasteiger partial charge in [-0.25, -0.2) is 0 Å². The second kappa shape index (κ2) is 2.77. The van der Waals surface area contributed by atoms with Gasteiger partial charge in [0.1, 0.15) is 5.52 Å². The second-order valence-corrected chi connectivity index (χ2v) is 3.98. The van der Waals surface area contributed by atoms with Crippen molar-refractivity contribution >= 4 is 10.9 Å². The third kappa shape index (κ3) is 1.18. The third-order valence-electron chi connectivity index (χ3n) is 2.74. The summed E-state index contributed by atoms with van der Waals surface area (Å²) in [4.78, 5) is 0. The number of rotatable bonds is 1. The van der Waals surface area contributed by atoms with E-state index in [0.29, 0.717) is 0 Å². The van der Waals surface area contributed by atoms with E-state index < -0.39 is 0 Å². The minimum Gasteiger partial charge on any atom is -0.158 e. The first-order chi connectivity index (χ1) is 6.84. The lowest BCUT2D eigenvalue weighted by Crippen LogP contribution is -1.90. The number of aryl methyl sites for hydroxylation is 1. The highest BCUT2D eigenvalue weighted by atomic mass is 15.1. The molecule has 2 nitrogen and oxygen atoms in total. The maximum atomic E-state index is 4.11. The molecule has 0 bridgehead atoms. The highest BCUT2D eigenvalue weighted by Gasteiger charge is 2.25. The Balaban J connectivity index is 2.34. The Hall–Kier alpha value is -1.44. The fourth-order valence-electron chi connectivity index (χ4n) is 1.92. The molecule has 1 aliphatic rings. The molecule has 1 radical (unpaired) electrons. The number of nitrogens with zero attached hydrogens (tertiary/aromatic N) is 2. The van der Waals surface area contributed by atoms with Crippen LogP contribution >= 0.6 is 0 Å². The van der Waals surface area contributed by atoms with Gasteiger partial charge in [-0.1, -0.05) is 6.07 Å². The van der Waals surface area contributed by atoms with E-state index in [1.54, 1.807) is 6.20 Å². The first kappa shape index (κ1) is 7.92. The Bertz CT molecular complexity index is 487. The Kier molecular flexibility index (Phi) is 1.57. The third-order valence-corrected chi connectivity index (χ3v) is 2.74. The van der Waals surface area contributed by atoms with Gasteiger partial charge in [0.05, 0.1) is 6.20 Å². The van der Waals surface area contributed by atoms with E-state index >= 15 is 0 Å². The number of hydrogen-bond acceptors (Lipinski definition) is 2. The van der Waals surface area contributed by atoms with Crippen molar-refractivity contribution < 1.29 is 0 Å². The van der Waals surface area contributed by atoms with Crippen LogP contribution in [0.4, 0.5) is 0 Å². The second-order valence-electron chi connectivity index (χ2n) is 3.98. The fraction of sp³-hybridized carbons (Fsp3) is 0.333. The topological polar surface area (TPSA) is 25.8 Å². The van der Waals surface area contributed by atoms with Crippen LogP contribution in [-0.2, 0) is 0 Å². The van der Waals surface area contributed by atoms with Crippen molar-refractivity contribution in [2.45, 2.75) is 25.7 Å². The van der Waals surface area contributed by atoms with Crippen LogP contribution in [0.1, 0.15) is 29.9 Å². The molecule has 0 amide bonds. The maximum absolute atomic E-state index is 4.11. The Morgan fingerprint density at radius 3 is 3.07 bits per heavy atom. The van der Waals surface area contributed by atoms with Crippen LogP contribution in [0.3, 0.4) is 0 Å². The zero-order chi connectivity index (χ0) is 9.54. The van der Waals surface area contributed by atoms with Crippen molar-refractivity contribution in [3.8, 4) is 0 Å². The standard InChI is InChI=1S/C12H11N2/c1-8-6-11(9-2-3-9)10-4-5-13-14-12(10)7-8/h4-6,9H,2-3H2,1H3. The fourth-order valence-corrected chi connectivity index (χ4v) is 1.92. The predicted molar refractivity (Wildman–Crippen MR) is 55.1 cm³/mol. The number of benzene rings is 1. The van der Waals surface area contributed by atoms with Crippen molar-refractivity contribution in [1.29, 1.82) is 0 Å². The molecule has 1 heterocycles. The molecule has 0 aliphatic heterocycles. The van der Waals surface area contributed by atoms with Crippen molar-refractivity contribution in [2.24, 2.45) is 0 Å². The zero-order valence-corrected chi connectivity index (χ0v) is 8.12. The first-order valence-electron chi connectivity index (χ1n) is 4.99. The van der Waals surface area contributed by atoms with Gasteiger partial charge in [-0.15, -0.1) is 5.10 Å². The van der Waals surface area contributed by atoms with Crippen LogP contribution in [0.2, 0.25) is 0 Å². The average molecular weight is 183 g/mol. The van der Waals surface area contributed by atoms with Gasteiger partial charge in [-0.3, -0.25) is 0 Å². The minimum atomic E-state index is 0.759. The summed E-state index contributed by atoms with van der Waals surface area (Å²) in [5, 5.41) is 9.23. The lowest BCUT2D eigenvalue weighted by molar-refractivity contribution is 1.06. The van der Waals surface area contributed by atoms with E-state index in [4.69, 9.17) is 0 Å². The summed E-state index contributed by atoms with van der Waals surface area (Å²) in [7, 11) is 0. The van der Waals surface area contributed by atoms with Crippen LogP contribution < -0.4 is 0 Å². The monoisotopic (exact) mass is 183 g/mol. The van der Waals surface area contributed by atoms with Gasteiger partial charge in [0.2, 0.25) is 0 Å². The van der Waals surface area contributed by atoms with Gasteiger partial charge in [-0.2, -0.15) is 5.10 Å². The van der Waals surface area contributed by atoms with Crippen molar-refractivity contribution in [2.75, 3.05) is 0 Å². The van der Waals surface area contributed by atoms with Gasteiger partial charge in [0.15, 0.2) is 0 Å². The molecule has 0 unspecified atom stereocenters. The molecule has 1 aromatic heterocycles. The summed E-state index contributed by atoms with van der Waals surface area (Å²) in [6, 6.07) is 7.52. The maximum Gasteiger partial charge on any atom is 0.101 e. The molecular weight excluding hydrogens is 172 g/mol. The van der Waals surface area contributed by atoms with Gasteiger partial charge in [-0.05, 0) is 42.9 Å². The Morgan fingerprint density at radius 2 is 2.29 bits per heavy atom. The molecule has 1 aromatic carbocycles. The molecular formula is C12H11N2. The first-order valence-corrected chi connectivity index (χ1v) is 4.99. The molecule has 69 valence electrons. The van der Waals surface area contributed by atoms with E-state index in [1.165, 1.54) is 29.4 Å². The number of hydrogen-bond donors (Lipinski definition) is 0. The molecule has 0 saturated heterocycles. The molecule has 1 saturated carbocycles. The molecule has 0 atom stereocenters.